The molecule has 1 saturated heterocycles. The molecule has 2 aromatic heterocycles. The number of carbonyl (C=O) groups is 4. The lowest BCUT2D eigenvalue weighted by atomic mass is 9.75. The number of sulfonamides is 1. The Labute approximate surface area is 391 Å². The molecular formula is C47H54F3N7O10S. The highest BCUT2D eigenvalue weighted by molar-refractivity contribution is 7.91. The average Bonchev–Trinajstić information content (AvgIpc) is 3.93. The van der Waals surface area contributed by atoms with Gasteiger partial charge in [0.2, 0.25) is 21.8 Å². The molecule has 4 amide bonds. The number of allylic oxidation sites excluding steroid dienone is 1. The maximum absolute atomic E-state index is 15.0. The summed E-state index contributed by atoms with van der Waals surface area (Å²) in [6, 6.07) is 3.13. The van der Waals surface area contributed by atoms with Crippen molar-refractivity contribution in [1.29, 1.82) is 0 Å². The van der Waals surface area contributed by atoms with Crippen molar-refractivity contribution in [2.45, 2.75) is 145 Å². The molecule has 3 aromatic rings. The van der Waals surface area contributed by atoms with E-state index in [2.05, 4.69) is 37.2 Å². The highest BCUT2D eigenvalue weighted by atomic mass is 32.2. The van der Waals surface area contributed by atoms with Crippen LogP contribution in [0.2, 0.25) is 0 Å². The lowest BCUT2D eigenvalue weighted by molar-refractivity contribution is -0.144. The lowest BCUT2D eigenvalue weighted by Crippen LogP contribution is -2.68. The molecule has 0 radical (unpaired) electrons. The largest absolute Gasteiger partial charge is 0.494 e. The molecule has 1 spiro atoms. The Morgan fingerprint density at radius 1 is 1.07 bits per heavy atom. The highest BCUT2D eigenvalue weighted by Gasteiger charge is 2.59. The van der Waals surface area contributed by atoms with Gasteiger partial charge in [-0.3, -0.25) is 19.2 Å². The molecule has 2 fully saturated rings. The SMILES string of the molecule is CC(C)(C)OC(=O)NC1CCCCCC=CC2C#CC2(C(=O)NS(=O)(=O)C2(C)CC2)NC(=O)C2CC3(CCc4c(c(C(F)(F)F)nc5ccc(OCCCn6ccc(=O)nc6)cc45)O3)CN2C1=O. The minimum absolute atomic E-state index is 0.00247. The monoisotopic (exact) mass is 965 g/mol. The fourth-order valence-electron chi connectivity index (χ4n) is 8.99. The molecule has 5 unspecified atom stereocenters. The normalized spacial score (nSPS) is 25.7. The van der Waals surface area contributed by atoms with Crippen molar-refractivity contribution in [2.24, 2.45) is 5.92 Å². The van der Waals surface area contributed by atoms with E-state index in [1.807, 2.05) is 0 Å². The fourth-order valence-corrected chi connectivity index (χ4v) is 10.3. The molecule has 0 bridgehead atoms. The zero-order valence-corrected chi connectivity index (χ0v) is 39.0. The number of hydrogen-bond donors (Lipinski definition) is 3. The lowest BCUT2D eigenvalue weighted by Gasteiger charge is -2.38. The number of carbonyl (C=O) groups excluding carboxylic acids is 4. The van der Waals surface area contributed by atoms with Gasteiger partial charge in [0, 0.05) is 36.2 Å². The number of alkyl carbamates (subject to hydrolysis) is 1. The van der Waals surface area contributed by atoms with E-state index < -0.39 is 97.5 Å². The summed E-state index contributed by atoms with van der Waals surface area (Å²) in [6.07, 6.45) is 3.73. The second-order valence-corrected chi connectivity index (χ2v) is 21.6. The molecule has 3 N–H and O–H groups in total. The minimum Gasteiger partial charge on any atom is -0.494 e. The summed E-state index contributed by atoms with van der Waals surface area (Å²) >= 11 is 0. The Balaban J connectivity index is 1.13. The maximum Gasteiger partial charge on any atom is 0.437 e. The first kappa shape index (κ1) is 48.3. The molecule has 2 aliphatic carbocycles. The second-order valence-electron chi connectivity index (χ2n) is 19.4. The maximum atomic E-state index is 15.0. The molecule has 1 saturated carbocycles. The number of amides is 4. The number of benzene rings is 1. The van der Waals surface area contributed by atoms with Gasteiger partial charge in [0.15, 0.2) is 17.0 Å². The average molecular weight is 966 g/mol. The summed E-state index contributed by atoms with van der Waals surface area (Å²) in [4.78, 5) is 77.4. The van der Waals surface area contributed by atoms with E-state index in [1.165, 1.54) is 31.5 Å². The topological polar surface area (TPSA) is 217 Å². The zero-order valence-electron chi connectivity index (χ0n) is 38.2. The number of fused-ring (bicyclic) bond motifs is 5. The van der Waals surface area contributed by atoms with Crippen LogP contribution in [0.25, 0.3) is 10.9 Å². The Morgan fingerprint density at radius 3 is 2.53 bits per heavy atom. The molecule has 5 atom stereocenters. The molecule has 68 heavy (non-hydrogen) atoms. The number of halogens is 3. The first-order chi connectivity index (χ1) is 32.0. The van der Waals surface area contributed by atoms with Crippen LogP contribution in [0.3, 0.4) is 0 Å². The van der Waals surface area contributed by atoms with E-state index in [-0.39, 0.29) is 48.9 Å². The Bertz CT molecular complexity index is 2780. The summed E-state index contributed by atoms with van der Waals surface area (Å²) in [5.41, 5.74) is -6.06. The highest BCUT2D eigenvalue weighted by Crippen LogP contribution is 2.49. The number of aryl methyl sites for hydroxylation is 2. The molecule has 17 nitrogen and oxygen atoms in total. The minimum atomic E-state index is -5.00. The van der Waals surface area contributed by atoms with Crippen LogP contribution in [0.4, 0.5) is 18.0 Å². The number of hydrogen-bond acceptors (Lipinski definition) is 12. The molecule has 8 rings (SSSR count). The summed E-state index contributed by atoms with van der Waals surface area (Å²) in [5, 5.41) is 5.69. The van der Waals surface area contributed by atoms with Gasteiger partial charge < -0.3 is 34.3 Å². The standard InChI is InChI=1S/C47H54F3N7O10S/c1-43(2,3)67-42(62)53-34-12-9-7-5-6-8-11-29-15-19-46(29,41(61)55-68(63,64)44(4)20-21-44)54-39(59)35-26-45(27-57(35)40(34)60)18-16-31-32-25-30(65-24-10-22-56-23-17-36(58)51-28-56)13-14-33(32)52-38(37(31)66-45)47(48,49)50/h8,11,13-14,17,23,25,28-29,34-35H,5-7,9-10,12,16,18,20-22,24,26-27H2,1-4H3,(H,53,62)(H,54,59)(H,55,61). The number of aromatic nitrogens is 3. The van der Waals surface area contributed by atoms with Crippen molar-refractivity contribution < 1.29 is 55.0 Å². The molecule has 21 heteroatoms. The van der Waals surface area contributed by atoms with Crippen LogP contribution in [0.5, 0.6) is 11.5 Å². The van der Waals surface area contributed by atoms with E-state index in [0.717, 1.165) is 4.90 Å². The van der Waals surface area contributed by atoms with Crippen molar-refractivity contribution in [3.8, 4) is 23.3 Å². The van der Waals surface area contributed by atoms with Crippen LogP contribution in [0.15, 0.2) is 53.7 Å². The smallest absolute Gasteiger partial charge is 0.437 e. The van der Waals surface area contributed by atoms with Gasteiger partial charge in [0.25, 0.3) is 11.5 Å². The molecule has 3 aliphatic heterocycles. The Morgan fingerprint density at radius 2 is 1.85 bits per heavy atom. The van der Waals surface area contributed by atoms with Gasteiger partial charge >= 0.3 is 12.3 Å². The van der Waals surface area contributed by atoms with Gasteiger partial charge in [-0.25, -0.2) is 22.9 Å². The van der Waals surface area contributed by atoms with E-state index in [9.17, 15) is 32.4 Å². The van der Waals surface area contributed by atoms with Gasteiger partial charge in [-0.05, 0) is 97.3 Å². The van der Waals surface area contributed by atoms with Crippen LogP contribution in [0.1, 0.15) is 103 Å². The molecule has 5 heterocycles. The van der Waals surface area contributed by atoms with Crippen LogP contribution < -0.4 is 30.4 Å². The van der Waals surface area contributed by atoms with Crippen molar-refractivity contribution in [3.05, 3.63) is 70.6 Å². The third-order valence-electron chi connectivity index (χ3n) is 13.1. The van der Waals surface area contributed by atoms with Gasteiger partial charge in [0.05, 0.1) is 35.7 Å². The first-order valence-corrected chi connectivity index (χ1v) is 24.2. The summed E-state index contributed by atoms with van der Waals surface area (Å²) in [7, 11) is -4.20. The number of nitrogens with zero attached hydrogens (tertiary/aromatic N) is 4. The Kier molecular flexibility index (Phi) is 12.8. The second kappa shape index (κ2) is 18.1. The van der Waals surface area contributed by atoms with Gasteiger partial charge in [-0.15, -0.1) is 0 Å². The number of pyridine rings is 1. The third kappa shape index (κ3) is 10.0. The summed E-state index contributed by atoms with van der Waals surface area (Å²) in [5.74, 6) is 1.64. The fraction of sp³-hybridized carbons (Fsp3) is 0.553. The van der Waals surface area contributed by atoms with E-state index in [0.29, 0.717) is 62.6 Å². The van der Waals surface area contributed by atoms with Gasteiger partial charge in [-0.1, -0.05) is 36.8 Å². The number of ether oxygens (including phenoxy) is 3. The van der Waals surface area contributed by atoms with Gasteiger partial charge in [-0.2, -0.15) is 18.2 Å². The molecule has 5 aliphatic rings. The van der Waals surface area contributed by atoms with Crippen molar-refractivity contribution >= 4 is 44.7 Å². The van der Waals surface area contributed by atoms with Crippen LogP contribution in [0, 0.1) is 17.8 Å². The van der Waals surface area contributed by atoms with Crippen LogP contribution in [-0.2, 0) is 48.3 Å². The molecular weight excluding hydrogens is 912 g/mol. The Hall–Kier alpha value is -6.17. The van der Waals surface area contributed by atoms with Crippen LogP contribution >= 0.6 is 0 Å². The summed E-state index contributed by atoms with van der Waals surface area (Å²) < 4.78 is 92.4. The van der Waals surface area contributed by atoms with Gasteiger partial charge in [0.1, 0.15) is 29.0 Å². The molecule has 1 aromatic carbocycles. The van der Waals surface area contributed by atoms with E-state index in [1.54, 1.807) is 49.8 Å². The van der Waals surface area contributed by atoms with E-state index in [4.69, 9.17) is 14.2 Å². The van der Waals surface area contributed by atoms with Crippen molar-refractivity contribution in [3.63, 3.8) is 0 Å². The predicted molar refractivity (Wildman–Crippen MR) is 239 cm³/mol. The van der Waals surface area contributed by atoms with Crippen molar-refractivity contribution in [2.75, 3.05) is 13.2 Å². The van der Waals surface area contributed by atoms with Crippen LogP contribution in [-0.4, -0.2) is 98.4 Å². The van der Waals surface area contributed by atoms with Crippen molar-refractivity contribution in [1.82, 2.24) is 34.8 Å². The first-order valence-electron chi connectivity index (χ1n) is 22.8. The summed E-state index contributed by atoms with van der Waals surface area (Å²) in [6.45, 7) is 6.76. The molecule has 364 valence electrons. The number of alkyl halides is 3. The number of rotatable bonds is 9. The van der Waals surface area contributed by atoms with E-state index >= 15 is 13.2 Å². The predicted octanol–water partition coefficient (Wildman–Crippen LogP) is 4.84. The number of nitrogens with one attached hydrogen (secondary N) is 3. The third-order valence-corrected chi connectivity index (χ3v) is 15.2. The zero-order chi connectivity index (χ0) is 48.9. The quantitative estimate of drug-likeness (QED) is 0.149.